The number of sulfone groups is 1. The summed E-state index contributed by atoms with van der Waals surface area (Å²) in [5.41, 5.74) is 2.69. The van der Waals surface area contributed by atoms with Gasteiger partial charge >= 0.3 is 0 Å². The van der Waals surface area contributed by atoms with Crippen LogP contribution in [0.3, 0.4) is 0 Å². The number of rotatable bonds is 6. The lowest BCUT2D eigenvalue weighted by Gasteiger charge is -2.21. The zero-order chi connectivity index (χ0) is 15.4. The predicted molar refractivity (Wildman–Crippen MR) is 85.9 cm³/mol. The van der Waals surface area contributed by atoms with Crippen LogP contribution < -0.4 is 5.32 Å². The minimum Gasteiger partial charge on any atom is -0.313 e. The predicted octanol–water partition coefficient (Wildman–Crippen LogP) is 3.07. The van der Waals surface area contributed by atoms with Gasteiger partial charge in [-0.05, 0) is 36.4 Å². The van der Waals surface area contributed by atoms with Crippen molar-refractivity contribution in [2.75, 3.05) is 19.1 Å². The lowest BCUT2D eigenvalue weighted by atomic mass is 9.86. The number of hydrogen-bond donors (Lipinski definition) is 1. The van der Waals surface area contributed by atoms with Crippen molar-refractivity contribution in [2.24, 2.45) is 0 Å². The normalized spacial score (nSPS) is 14.2. The molecule has 1 aromatic carbocycles. The van der Waals surface area contributed by atoms with Gasteiger partial charge in [0.25, 0.3) is 0 Å². The molecule has 1 aromatic rings. The molecular formula is C16H27NO2S. The van der Waals surface area contributed by atoms with E-state index in [0.717, 1.165) is 6.42 Å². The fraction of sp³-hybridized carbons (Fsp3) is 0.625. The van der Waals surface area contributed by atoms with E-state index >= 15 is 0 Å². The molecular weight excluding hydrogens is 270 g/mol. The molecule has 1 atom stereocenters. The minimum absolute atomic E-state index is 0.157. The fourth-order valence-corrected chi connectivity index (χ4v) is 2.93. The summed E-state index contributed by atoms with van der Waals surface area (Å²) in [6, 6.07) is 8.82. The Balaban J connectivity index is 2.71. The Morgan fingerprint density at radius 3 is 2.10 bits per heavy atom. The maximum Gasteiger partial charge on any atom is 0.147 e. The summed E-state index contributed by atoms with van der Waals surface area (Å²) in [5, 5.41) is 3.27. The molecule has 114 valence electrons. The highest BCUT2D eigenvalue weighted by molar-refractivity contribution is 7.90. The number of benzene rings is 1. The molecule has 0 aliphatic heterocycles. The zero-order valence-electron chi connectivity index (χ0n) is 13.2. The highest BCUT2D eigenvalue weighted by atomic mass is 32.2. The van der Waals surface area contributed by atoms with E-state index in [2.05, 4.69) is 50.4 Å². The van der Waals surface area contributed by atoms with Gasteiger partial charge in [-0.3, -0.25) is 0 Å². The summed E-state index contributed by atoms with van der Waals surface area (Å²) >= 11 is 0. The van der Waals surface area contributed by atoms with Crippen LogP contribution in [0.15, 0.2) is 24.3 Å². The first kappa shape index (κ1) is 17.2. The van der Waals surface area contributed by atoms with E-state index in [1.54, 1.807) is 0 Å². The van der Waals surface area contributed by atoms with Crippen molar-refractivity contribution in [2.45, 2.75) is 45.1 Å². The molecule has 0 spiro atoms. The molecule has 20 heavy (non-hydrogen) atoms. The van der Waals surface area contributed by atoms with Crippen LogP contribution in [0.2, 0.25) is 0 Å². The van der Waals surface area contributed by atoms with Gasteiger partial charge in [0.05, 0.1) is 0 Å². The average molecular weight is 297 g/mol. The third-order valence-electron chi connectivity index (χ3n) is 3.54. The Bertz CT molecular complexity index is 512. The molecule has 0 aliphatic carbocycles. The van der Waals surface area contributed by atoms with Crippen LogP contribution >= 0.6 is 0 Å². The molecule has 0 saturated heterocycles. The summed E-state index contributed by atoms with van der Waals surface area (Å²) in [4.78, 5) is 0. The Labute approximate surface area is 123 Å². The van der Waals surface area contributed by atoms with E-state index in [-0.39, 0.29) is 17.2 Å². The Hall–Kier alpha value is -0.870. The van der Waals surface area contributed by atoms with Gasteiger partial charge in [-0.1, -0.05) is 45.0 Å². The standard InChI is InChI=1S/C16H27NO2S/c1-16(2,3)14-10-8-13(9-11-14)15(17-4)7-6-12-20(5,18)19/h8-11,15,17H,6-7,12H2,1-5H3. The first-order valence-corrected chi connectivity index (χ1v) is 9.15. The molecule has 0 saturated carbocycles. The lowest BCUT2D eigenvalue weighted by Crippen LogP contribution is -2.18. The van der Waals surface area contributed by atoms with Crippen LogP contribution in [-0.2, 0) is 15.3 Å². The molecule has 0 amide bonds. The van der Waals surface area contributed by atoms with E-state index in [1.165, 1.54) is 17.4 Å². The van der Waals surface area contributed by atoms with Crippen molar-refractivity contribution in [1.29, 1.82) is 0 Å². The van der Waals surface area contributed by atoms with E-state index in [1.807, 2.05) is 7.05 Å². The van der Waals surface area contributed by atoms with E-state index < -0.39 is 9.84 Å². The van der Waals surface area contributed by atoms with Crippen LogP contribution in [0.5, 0.6) is 0 Å². The first-order valence-electron chi connectivity index (χ1n) is 7.09. The van der Waals surface area contributed by atoms with E-state index in [9.17, 15) is 8.42 Å². The molecule has 1 N–H and O–H groups in total. The smallest absolute Gasteiger partial charge is 0.147 e. The second-order valence-electron chi connectivity index (χ2n) is 6.49. The van der Waals surface area contributed by atoms with Gasteiger partial charge < -0.3 is 5.32 Å². The SMILES string of the molecule is CNC(CCCS(C)(=O)=O)c1ccc(C(C)(C)C)cc1. The molecule has 0 heterocycles. The van der Waals surface area contributed by atoms with Crippen molar-refractivity contribution in [3.8, 4) is 0 Å². The van der Waals surface area contributed by atoms with Crippen molar-refractivity contribution < 1.29 is 8.42 Å². The molecule has 4 heteroatoms. The summed E-state index contributed by atoms with van der Waals surface area (Å²) in [5.74, 6) is 0.255. The van der Waals surface area contributed by atoms with Crippen LogP contribution in [0.4, 0.5) is 0 Å². The van der Waals surface area contributed by atoms with Crippen molar-refractivity contribution >= 4 is 9.84 Å². The van der Waals surface area contributed by atoms with Gasteiger partial charge in [0, 0.05) is 18.1 Å². The monoisotopic (exact) mass is 297 g/mol. The van der Waals surface area contributed by atoms with Crippen molar-refractivity contribution in [3.05, 3.63) is 35.4 Å². The van der Waals surface area contributed by atoms with Gasteiger partial charge in [-0.25, -0.2) is 8.42 Å². The molecule has 0 radical (unpaired) electrons. The fourth-order valence-electron chi connectivity index (χ4n) is 2.24. The van der Waals surface area contributed by atoms with Crippen LogP contribution in [0.25, 0.3) is 0 Å². The summed E-state index contributed by atoms with van der Waals surface area (Å²) in [6.45, 7) is 6.59. The highest BCUT2D eigenvalue weighted by Gasteiger charge is 2.15. The molecule has 0 aliphatic rings. The maximum atomic E-state index is 11.2. The zero-order valence-corrected chi connectivity index (χ0v) is 14.0. The summed E-state index contributed by atoms with van der Waals surface area (Å²) < 4.78 is 22.3. The molecule has 0 fully saturated rings. The Morgan fingerprint density at radius 1 is 1.15 bits per heavy atom. The molecule has 1 unspecified atom stereocenters. The van der Waals surface area contributed by atoms with E-state index in [4.69, 9.17) is 0 Å². The van der Waals surface area contributed by atoms with Gasteiger partial charge in [-0.2, -0.15) is 0 Å². The second-order valence-corrected chi connectivity index (χ2v) is 8.75. The Kier molecular flexibility index (Phi) is 5.78. The maximum absolute atomic E-state index is 11.2. The Morgan fingerprint density at radius 2 is 1.70 bits per heavy atom. The first-order chi connectivity index (χ1) is 9.13. The number of hydrogen-bond acceptors (Lipinski definition) is 3. The third-order valence-corrected chi connectivity index (χ3v) is 4.57. The lowest BCUT2D eigenvalue weighted by molar-refractivity contribution is 0.534. The average Bonchev–Trinajstić information content (AvgIpc) is 2.32. The number of nitrogens with one attached hydrogen (secondary N) is 1. The van der Waals surface area contributed by atoms with Crippen LogP contribution in [-0.4, -0.2) is 27.5 Å². The van der Waals surface area contributed by atoms with Crippen molar-refractivity contribution in [1.82, 2.24) is 5.32 Å². The van der Waals surface area contributed by atoms with Crippen LogP contribution in [0.1, 0.15) is 50.8 Å². The van der Waals surface area contributed by atoms with Crippen LogP contribution in [0, 0.1) is 0 Å². The van der Waals surface area contributed by atoms with Crippen molar-refractivity contribution in [3.63, 3.8) is 0 Å². The van der Waals surface area contributed by atoms with Gasteiger partial charge in [0.15, 0.2) is 0 Å². The molecule has 0 aromatic heterocycles. The summed E-state index contributed by atoms with van der Waals surface area (Å²) in [6.07, 6.45) is 2.81. The largest absolute Gasteiger partial charge is 0.313 e. The third kappa shape index (κ3) is 5.63. The van der Waals surface area contributed by atoms with Gasteiger partial charge in [-0.15, -0.1) is 0 Å². The molecule has 1 rings (SSSR count). The minimum atomic E-state index is -2.86. The molecule has 3 nitrogen and oxygen atoms in total. The van der Waals surface area contributed by atoms with E-state index in [0.29, 0.717) is 6.42 Å². The second kappa shape index (κ2) is 6.72. The highest BCUT2D eigenvalue weighted by Crippen LogP contribution is 2.25. The summed E-state index contributed by atoms with van der Waals surface area (Å²) in [7, 11) is -0.945. The van der Waals surface area contributed by atoms with Gasteiger partial charge in [0.2, 0.25) is 0 Å². The molecule has 0 bridgehead atoms. The topological polar surface area (TPSA) is 46.2 Å². The quantitative estimate of drug-likeness (QED) is 0.878. The van der Waals surface area contributed by atoms with Gasteiger partial charge in [0.1, 0.15) is 9.84 Å².